The Balaban J connectivity index is 1.48. The minimum atomic E-state index is 0.684. The third-order valence-corrected chi connectivity index (χ3v) is 5.94. The van der Waals surface area contributed by atoms with E-state index in [2.05, 4.69) is 60.5 Å². The molecular weight excluding hydrogens is 316 g/mol. The van der Waals surface area contributed by atoms with Crippen molar-refractivity contribution in [2.75, 3.05) is 0 Å². The Labute approximate surface area is 159 Å². The molecular formula is C24H34N2. The van der Waals surface area contributed by atoms with Gasteiger partial charge in [-0.05, 0) is 67.1 Å². The summed E-state index contributed by atoms with van der Waals surface area (Å²) in [6.07, 6.45) is 16.7. The van der Waals surface area contributed by atoms with Crippen molar-refractivity contribution in [2.24, 2.45) is 5.92 Å². The van der Waals surface area contributed by atoms with Crippen molar-refractivity contribution < 1.29 is 0 Å². The fraction of sp³-hybridized carbons (Fsp3) is 0.583. The van der Waals surface area contributed by atoms with Gasteiger partial charge in [-0.1, -0.05) is 57.4 Å². The second kappa shape index (κ2) is 9.85. The van der Waals surface area contributed by atoms with Gasteiger partial charge in [0, 0.05) is 18.8 Å². The van der Waals surface area contributed by atoms with Crippen LogP contribution in [0.3, 0.4) is 0 Å². The summed E-state index contributed by atoms with van der Waals surface area (Å²) < 4.78 is 0. The van der Waals surface area contributed by atoms with Crippen molar-refractivity contribution in [3.8, 4) is 0 Å². The van der Waals surface area contributed by atoms with E-state index >= 15 is 0 Å². The quantitative estimate of drug-likeness (QED) is 0.559. The lowest BCUT2D eigenvalue weighted by Gasteiger charge is -2.28. The molecule has 140 valence electrons. The Kier molecular flexibility index (Phi) is 7.22. The average Bonchev–Trinajstić information content (AvgIpc) is 2.69. The summed E-state index contributed by atoms with van der Waals surface area (Å²) in [5, 5.41) is 0. The van der Waals surface area contributed by atoms with Crippen LogP contribution < -0.4 is 0 Å². The zero-order valence-corrected chi connectivity index (χ0v) is 16.6. The molecule has 1 saturated carbocycles. The first-order chi connectivity index (χ1) is 12.8. The van der Waals surface area contributed by atoms with E-state index in [-0.39, 0.29) is 0 Å². The highest BCUT2D eigenvalue weighted by atomic mass is 14.9. The summed E-state index contributed by atoms with van der Waals surface area (Å²) in [5.74, 6) is 2.62. The Bertz CT molecular complexity index is 637. The predicted octanol–water partition coefficient (Wildman–Crippen LogP) is 6.29. The van der Waals surface area contributed by atoms with Crippen LogP contribution in [-0.4, -0.2) is 9.97 Å². The lowest BCUT2D eigenvalue weighted by atomic mass is 9.78. The SMILES string of the molecule is CCCc1ccc(CCc2ncc(C3CCC(CCC)CC3)cn2)cc1. The molecule has 1 heterocycles. The van der Waals surface area contributed by atoms with Crippen LogP contribution >= 0.6 is 0 Å². The second-order valence-corrected chi connectivity index (χ2v) is 8.01. The van der Waals surface area contributed by atoms with Gasteiger partial charge < -0.3 is 0 Å². The van der Waals surface area contributed by atoms with Crippen LogP contribution in [0.4, 0.5) is 0 Å². The van der Waals surface area contributed by atoms with Gasteiger partial charge in [-0.2, -0.15) is 0 Å². The molecule has 0 spiro atoms. The largest absolute Gasteiger partial charge is 0.241 e. The van der Waals surface area contributed by atoms with Crippen molar-refractivity contribution in [3.05, 3.63) is 59.2 Å². The number of hydrogen-bond donors (Lipinski definition) is 0. The average molecular weight is 351 g/mol. The van der Waals surface area contributed by atoms with Gasteiger partial charge in [0.25, 0.3) is 0 Å². The molecule has 0 aliphatic heterocycles. The molecule has 1 aromatic heterocycles. The standard InChI is InChI=1S/C24H34N2/c1-3-5-19-7-9-21(10-8-19)13-16-24-25-17-23(18-26-24)22-14-11-20(6-4-2)12-15-22/h7-10,17-18,20,22H,3-6,11-16H2,1-2H3. The Hall–Kier alpha value is -1.70. The number of rotatable bonds is 8. The van der Waals surface area contributed by atoms with Gasteiger partial charge >= 0.3 is 0 Å². The third-order valence-electron chi connectivity index (χ3n) is 5.94. The fourth-order valence-electron chi connectivity index (χ4n) is 4.31. The van der Waals surface area contributed by atoms with Gasteiger partial charge in [0.15, 0.2) is 0 Å². The lowest BCUT2D eigenvalue weighted by Crippen LogP contribution is -2.14. The molecule has 2 aromatic rings. The Morgan fingerprint density at radius 1 is 0.769 bits per heavy atom. The molecule has 2 heteroatoms. The number of hydrogen-bond acceptors (Lipinski definition) is 2. The monoisotopic (exact) mass is 350 g/mol. The molecule has 0 atom stereocenters. The van der Waals surface area contributed by atoms with Crippen molar-refractivity contribution in [3.63, 3.8) is 0 Å². The van der Waals surface area contributed by atoms with Crippen LogP contribution in [0.5, 0.6) is 0 Å². The van der Waals surface area contributed by atoms with E-state index in [9.17, 15) is 0 Å². The van der Waals surface area contributed by atoms with Crippen molar-refractivity contribution in [1.82, 2.24) is 9.97 Å². The maximum absolute atomic E-state index is 4.66. The first-order valence-electron chi connectivity index (χ1n) is 10.7. The lowest BCUT2D eigenvalue weighted by molar-refractivity contribution is 0.307. The number of benzene rings is 1. The molecule has 3 rings (SSSR count). The summed E-state index contributed by atoms with van der Waals surface area (Å²) >= 11 is 0. The van der Waals surface area contributed by atoms with E-state index < -0.39 is 0 Å². The normalized spacial score (nSPS) is 20.2. The van der Waals surface area contributed by atoms with E-state index in [1.807, 2.05) is 0 Å². The van der Waals surface area contributed by atoms with Crippen LogP contribution in [0.1, 0.15) is 87.2 Å². The van der Waals surface area contributed by atoms with Crippen LogP contribution in [0.2, 0.25) is 0 Å². The summed E-state index contributed by atoms with van der Waals surface area (Å²) in [7, 11) is 0. The van der Waals surface area contributed by atoms with Gasteiger partial charge in [0.1, 0.15) is 5.82 Å². The van der Waals surface area contributed by atoms with E-state index in [1.54, 1.807) is 0 Å². The first-order valence-corrected chi connectivity index (χ1v) is 10.7. The molecule has 26 heavy (non-hydrogen) atoms. The first kappa shape index (κ1) is 19.1. The molecule has 2 nitrogen and oxygen atoms in total. The molecule has 0 N–H and O–H groups in total. The highest BCUT2D eigenvalue weighted by Gasteiger charge is 2.22. The van der Waals surface area contributed by atoms with Gasteiger partial charge in [-0.3, -0.25) is 0 Å². The number of aryl methyl sites for hydroxylation is 3. The highest BCUT2D eigenvalue weighted by Crippen LogP contribution is 2.36. The van der Waals surface area contributed by atoms with Crippen LogP contribution in [0, 0.1) is 5.92 Å². The summed E-state index contributed by atoms with van der Waals surface area (Å²) in [6.45, 7) is 4.53. The molecule has 1 fully saturated rings. The van der Waals surface area contributed by atoms with E-state index in [4.69, 9.17) is 0 Å². The topological polar surface area (TPSA) is 25.8 Å². The zero-order valence-electron chi connectivity index (χ0n) is 16.6. The summed E-state index contributed by atoms with van der Waals surface area (Å²) in [5.41, 5.74) is 4.17. The maximum Gasteiger partial charge on any atom is 0.128 e. The van der Waals surface area contributed by atoms with Crippen molar-refractivity contribution >= 4 is 0 Å². The maximum atomic E-state index is 4.66. The number of nitrogens with zero attached hydrogens (tertiary/aromatic N) is 2. The van der Waals surface area contributed by atoms with Crippen molar-refractivity contribution in [2.45, 2.75) is 84.0 Å². The van der Waals surface area contributed by atoms with E-state index in [0.29, 0.717) is 5.92 Å². The predicted molar refractivity (Wildman–Crippen MR) is 109 cm³/mol. The molecule has 1 aromatic carbocycles. The molecule has 1 aliphatic carbocycles. The molecule has 0 radical (unpaired) electrons. The molecule has 0 amide bonds. The Morgan fingerprint density at radius 3 is 1.96 bits per heavy atom. The van der Waals surface area contributed by atoms with E-state index in [1.165, 1.54) is 68.1 Å². The van der Waals surface area contributed by atoms with Crippen LogP contribution in [0.15, 0.2) is 36.7 Å². The highest BCUT2D eigenvalue weighted by molar-refractivity contribution is 5.23. The molecule has 0 bridgehead atoms. The minimum absolute atomic E-state index is 0.684. The smallest absolute Gasteiger partial charge is 0.128 e. The fourth-order valence-corrected chi connectivity index (χ4v) is 4.31. The van der Waals surface area contributed by atoms with Gasteiger partial charge in [-0.15, -0.1) is 0 Å². The van der Waals surface area contributed by atoms with Gasteiger partial charge in [-0.25, -0.2) is 9.97 Å². The zero-order chi connectivity index (χ0) is 18.2. The van der Waals surface area contributed by atoms with Gasteiger partial charge in [0.2, 0.25) is 0 Å². The minimum Gasteiger partial charge on any atom is -0.241 e. The van der Waals surface area contributed by atoms with Crippen LogP contribution in [-0.2, 0) is 19.3 Å². The summed E-state index contributed by atoms with van der Waals surface area (Å²) in [4.78, 5) is 9.32. The Morgan fingerprint density at radius 2 is 1.38 bits per heavy atom. The van der Waals surface area contributed by atoms with Crippen LogP contribution in [0.25, 0.3) is 0 Å². The third kappa shape index (κ3) is 5.40. The van der Waals surface area contributed by atoms with Gasteiger partial charge in [0.05, 0.1) is 0 Å². The molecule has 0 unspecified atom stereocenters. The molecule has 1 aliphatic rings. The number of aromatic nitrogens is 2. The molecule has 0 saturated heterocycles. The van der Waals surface area contributed by atoms with E-state index in [0.717, 1.165) is 24.6 Å². The second-order valence-electron chi connectivity index (χ2n) is 8.01. The summed E-state index contributed by atoms with van der Waals surface area (Å²) in [6, 6.07) is 9.04. The van der Waals surface area contributed by atoms with Crippen molar-refractivity contribution in [1.29, 1.82) is 0 Å².